The molecule has 26 heavy (non-hydrogen) atoms. The number of nitro groups is 1. The molecule has 7 heteroatoms. The molecular weight excluding hydrogens is 337 g/mol. The lowest BCUT2D eigenvalue weighted by Crippen LogP contribution is -2.29. The maximum atomic E-state index is 13.0. The third kappa shape index (κ3) is 3.82. The molecule has 1 aliphatic rings. The fourth-order valence-corrected chi connectivity index (χ4v) is 3.18. The van der Waals surface area contributed by atoms with Gasteiger partial charge in [-0.25, -0.2) is 4.39 Å². The predicted octanol–water partition coefficient (Wildman–Crippen LogP) is 3.61. The lowest BCUT2D eigenvalue weighted by molar-refractivity contribution is -0.384. The molecule has 0 unspecified atom stereocenters. The number of carbonyl (C=O) groups is 1. The van der Waals surface area contributed by atoms with E-state index in [9.17, 15) is 19.3 Å². The lowest BCUT2D eigenvalue weighted by atomic mass is 10.1. The van der Waals surface area contributed by atoms with E-state index in [1.165, 1.54) is 29.2 Å². The molecule has 1 aliphatic heterocycles. The second-order valence-corrected chi connectivity index (χ2v) is 6.44. The summed E-state index contributed by atoms with van der Waals surface area (Å²) in [6.07, 6.45) is 2.08. The second kappa shape index (κ2) is 7.51. The topological polar surface area (TPSA) is 66.7 Å². The summed E-state index contributed by atoms with van der Waals surface area (Å²) in [5.74, 6) is -0.627. The molecule has 0 aliphatic carbocycles. The van der Waals surface area contributed by atoms with Gasteiger partial charge in [-0.05, 0) is 36.6 Å². The Morgan fingerprint density at radius 2 is 1.85 bits per heavy atom. The van der Waals surface area contributed by atoms with Crippen LogP contribution in [-0.4, -0.2) is 35.9 Å². The maximum absolute atomic E-state index is 13.0. The lowest BCUT2D eigenvalue weighted by Gasteiger charge is -2.24. The molecule has 1 heterocycles. The summed E-state index contributed by atoms with van der Waals surface area (Å²) in [6, 6.07) is 10.4. The molecule has 2 aromatic carbocycles. The Bertz CT molecular complexity index is 817. The van der Waals surface area contributed by atoms with Crippen molar-refractivity contribution in [2.75, 3.05) is 25.0 Å². The summed E-state index contributed by atoms with van der Waals surface area (Å²) in [5, 5.41) is 11.1. The van der Waals surface area contributed by atoms with Crippen LogP contribution in [0.5, 0.6) is 0 Å². The standard InChI is InChI=1S/C19H20FN3O3/c1-21(13-14-4-6-15(20)7-5-14)19(24)17-12-16(23(25)26)8-9-18(17)22-10-2-3-11-22/h4-9,12H,2-3,10-11,13H2,1H3. The smallest absolute Gasteiger partial charge is 0.270 e. The number of anilines is 1. The van der Waals surface area contributed by atoms with Gasteiger partial charge in [-0.15, -0.1) is 0 Å². The third-order valence-electron chi connectivity index (χ3n) is 4.55. The number of nitrogens with zero attached hydrogens (tertiary/aromatic N) is 3. The first-order chi connectivity index (χ1) is 12.5. The van der Waals surface area contributed by atoms with Crippen LogP contribution in [0.3, 0.4) is 0 Å². The Morgan fingerprint density at radius 3 is 2.46 bits per heavy atom. The van der Waals surface area contributed by atoms with E-state index < -0.39 is 4.92 Å². The van der Waals surface area contributed by atoms with E-state index in [0.29, 0.717) is 12.1 Å². The van der Waals surface area contributed by atoms with Crippen LogP contribution in [0.4, 0.5) is 15.8 Å². The predicted molar refractivity (Wildman–Crippen MR) is 96.7 cm³/mol. The van der Waals surface area contributed by atoms with Crippen LogP contribution in [0, 0.1) is 15.9 Å². The Balaban J connectivity index is 1.89. The fourth-order valence-electron chi connectivity index (χ4n) is 3.18. The third-order valence-corrected chi connectivity index (χ3v) is 4.55. The van der Waals surface area contributed by atoms with Crippen LogP contribution < -0.4 is 4.90 Å². The SMILES string of the molecule is CN(Cc1ccc(F)cc1)C(=O)c1cc([N+](=O)[O-])ccc1N1CCCC1. The molecule has 1 fully saturated rings. The Morgan fingerprint density at radius 1 is 1.19 bits per heavy atom. The van der Waals surface area contributed by atoms with Gasteiger partial charge < -0.3 is 9.80 Å². The van der Waals surface area contributed by atoms with Crippen molar-refractivity contribution in [1.82, 2.24) is 4.90 Å². The van der Waals surface area contributed by atoms with Crippen LogP contribution in [0.15, 0.2) is 42.5 Å². The van der Waals surface area contributed by atoms with Crippen molar-refractivity contribution in [3.8, 4) is 0 Å². The molecule has 1 amide bonds. The van der Waals surface area contributed by atoms with Crippen LogP contribution in [-0.2, 0) is 6.54 Å². The molecule has 0 atom stereocenters. The quantitative estimate of drug-likeness (QED) is 0.606. The zero-order chi connectivity index (χ0) is 18.7. The fraction of sp³-hybridized carbons (Fsp3) is 0.316. The number of rotatable bonds is 5. The number of amides is 1. The van der Waals surface area contributed by atoms with Crippen molar-refractivity contribution in [2.24, 2.45) is 0 Å². The molecule has 1 saturated heterocycles. The Labute approximate surface area is 151 Å². The molecule has 0 radical (unpaired) electrons. The normalized spacial score (nSPS) is 13.7. The van der Waals surface area contributed by atoms with Crippen LogP contribution in [0.2, 0.25) is 0 Å². The summed E-state index contributed by atoms with van der Waals surface area (Å²) >= 11 is 0. The van der Waals surface area contributed by atoms with Gasteiger partial charge in [-0.1, -0.05) is 12.1 Å². The van der Waals surface area contributed by atoms with Crippen LogP contribution in [0.25, 0.3) is 0 Å². The Hall–Kier alpha value is -2.96. The van der Waals surface area contributed by atoms with Gasteiger partial charge >= 0.3 is 0 Å². The second-order valence-electron chi connectivity index (χ2n) is 6.44. The highest BCUT2D eigenvalue weighted by molar-refractivity contribution is 6.00. The summed E-state index contributed by atoms with van der Waals surface area (Å²) in [7, 11) is 1.64. The molecule has 0 spiro atoms. The van der Waals surface area contributed by atoms with Gasteiger partial charge in [0.05, 0.1) is 16.2 Å². The molecule has 0 bridgehead atoms. The number of hydrogen-bond acceptors (Lipinski definition) is 4. The zero-order valence-electron chi connectivity index (χ0n) is 14.5. The highest BCUT2D eigenvalue weighted by atomic mass is 19.1. The van der Waals surface area contributed by atoms with Gasteiger partial charge in [0, 0.05) is 38.8 Å². The van der Waals surface area contributed by atoms with Crippen molar-refractivity contribution in [2.45, 2.75) is 19.4 Å². The summed E-state index contributed by atoms with van der Waals surface area (Å²) in [5.41, 5.74) is 1.73. The first-order valence-corrected chi connectivity index (χ1v) is 8.49. The highest BCUT2D eigenvalue weighted by Crippen LogP contribution is 2.29. The van der Waals surface area contributed by atoms with Crippen molar-refractivity contribution < 1.29 is 14.1 Å². The molecule has 2 aromatic rings. The van der Waals surface area contributed by atoms with Gasteiger partial charge in [-0.3, -0.25) is 14.9 Å². The van der Waals surface area contributed by atoms with Crippen molar-refractivity contribution in [3.63, 3.8) is 0 Å². The van der Waals surface area contributed by atoms with E-state index in [1.54, 1.807) is 25.2 Å². The molecular formula is C19H20FN3O3. The first kappa shape index (κ1) is 17.8. The summed E-state index contributed by atoms with van der Waals surface area (Å²) in [4.78, 5) is 27.2. The number of non-ortho nitro benzene ring substituents is 1. The van der Waals surface area contributed by atoms with Crippen LogP contribution in [0.1, 0.15) is 28.8 Å². The van der Waals surface area contributed by atoms with Crippen molar-refractivity contribution in [3.05, 3.63) is 69.5 Å². The van der Waals surface area contributed by atoms with Crippen molar-refractivity contribution in [1.29, 1.82) is 0 Å². The van der Waals surface area contributed by atoms with Crippen LogP contribution >= 0.6 is 0 Å². The minimum atomic E-state index is -0.496. The molecule has 136 valence electrons. The van der Waals surface area contributed by atoms with E-state index >= 15 is 0 Å². The Kier molecular flexibility index (Phi) is 5.16. The minimum absolute atomic E-state index is 0.105. The molecule has 0 N–H and O–H groups in total. The van der Waals surface area contributed by atoms with E-state index in [4.69, 9.17) is 0 Å². The van der Waals surface area contributed by atoms with Gasteiger partial charge in [0.1, 0.15) is 5.82 Å². The van der Waals surface area contributed by atoms with Gasteiger partial charge in [0.2, 0.25) is 0 Å². The van der Waals surface area contributed by atoms with Gasteiger partial charge in [-0.2, -0.15) is 0 Å². The monoisotopic (exact) mass is 357 g/mol. The van der Waals surface area contributed by atoms with E-state index in [2.05, 4.69) is 4.90 Å². The van der Waals surface area contributed by atoms with Crippen molar-refractivity contribution >= 4 is 17.3 Å². The van der Waals surface area contributed by atoms with E-state index in [0.717, 1.165) is 37.2 Å². The number of carbonyl (C=O) groups excluding carboxylic acids is 1. The molecule has 3 rings (SSSR count). The maximum Gasteiger partial charge on any atom is 0.270 e. The largest absolute Gasteiger partial charge is 0.371 e. The number of nitro benzene ring substituents is 1. The number of hydrogen-bond donors (Lipinski definition) is 0. The average Bonchev–Trinajstić information content (AvgIpc) is 3.17. The van der Waals surface area contributed by atoms with E-state index in [-0.39, 0.29) is 17.4 Å². The van der Waals surface area contributed by atoms with E-state index in [1.807, 2.05) is 0 Å². The van der Waals surface area contributed by atoms with Gasteiger partial charge in [0.25, 0.3) is 11.6 Å². The van der Waals surface area contributed by atoms with Gasteiger partial charge in [0.15, 0.2) is 0 Å². The zero-order valence-corrected chi connectivity index (χ0v) is 14.5. The molecule has 0 saturated carbocycles. The number of benzene rings is 2. The number of halogens is 1. The first-order valence-electron chi connectivity index (χ1n) is 8.49. The molecule has 0 aromatic heterocycles. The minimum Gasteiger partial charge on any atom is -0.371 e. The summed E-state index contributed by atoms with van der Waals surface area (Å²) in [6.45, 7) is 1.96. The average molecular weight is 357 g/mol. The highest BCUT2D eigenvalue weighted by Gasteiger charge is 2.24. The molecule has 6 nitrogen and oxygen atoms in total. The summed E-state index contributed by atoms with van der Waals surface area (Å²) < 4.78 is 13.0.